The van der Waals surface area contributed by atoms with Crippen molar-refractivity contribution in [2.45, 2.75) is 61.0 Å². The lowest BCUT2D eigenvalue weighted by molar-refractivity contribution is -0.151. The summed E-state index contributed by atoms with van der Waals surface area (Å²) < 4.78 is 7.10. The first-order chi connectivity index (χ1) is 10.1. The van der Waals surface area contributed by atoms with Crippen LogP contribution >= 0.6 is 11.8 Å². The van der Waals surface area contributed by atoms with Crippen molar-refractivity contribution in [2.75, 3.05) is 6.61 Å². The van der Waals surface area contributed by atoms with E-state index in [-0.39, 0.29) is 5.97 Å². The molecule has 0 aromatic carbocycles. The van der Waals surface area contributed by atoms with Gasteiger partial charge >= 0.3 is 5.97 Å². The van der Waals surface area contributed by atoms with Gasteiger partial charge in [-0.05, 0) is 39.0 Å². The van der Waals surface area contributed by atoms with Gasteiger partial charge in [0.15, 0.2) is 5.16 Å². The Morgan fingerprint density at radius 3 is 3.00 bits per heavy atom. The van der Waals surface area contributed by atoms with E-state index in [0.29, 0.717) is 17.9 Å². The zero-order chi connectivity index (χ0) is 14.9. The molecular formula is C14H22N4O2S. The molecule has 0 saturated heterocycles. The second-order valence-electron chi connectivity index (χ2n) is 5.87. The predicted molar refractivity (Wildman–Crippen MR) is 80.0 cm³/mol. The van der Waals surface area contributed by atoms with Gasteiger partial charge in [-0.25, -0.2) is 9.67 Å². The summed E-state index contributed by atoms with van der Waals surface area (Å²) in [5, 5.41) is 8.93. The molecule has 2 aliphatic rings. The van der Waals surface area contributed by atoms with Gasteiger partial charge in [0, 0.05) is 18.3 Å². The van der Waals surface area contributed by atoms with Gasteiger partial charge < -0.3 is 4.74 Å². The fraction of sp³-hybridized carbons (Fsp3) is 0.786. The number of ether oxygens (including phenoxy) is 1. The molecule has 2 atom stereocenters. The standard InChI is InChI=1S/C14H22N4O2S/c1-3-20-12(19)14(17-10-4-5-10)7-6-11(8-14)21-13-15-9-16-18(13)2/h9-11,17H,3-8H2,1-2H3. The molecule has 0 spiro atoms. The van der Waals surface area contributed by atoms with Crippen molar-refractivity contribution in [2.24, 2.45) is 7.05 Å². The number of thioether (sulfide) groups is 1. The minimum absolute atomic E-state index is 0.0852. The fourth-order valence-electron chi connectivity index (χ4n) is 2.91. The highest BCUT2D eigenvalue weighted by Crippen LogP contribution is 2.41. The molecule has 1 N–H and O–H groups in total. The Morgan fingerprint density at radius 2 is 2.38 bits per heavy atom. The minimum Gasteiger partial charge on any atom is -0.465 e. The number of aromatic nitrogens is 3. The Balaban J connectivity index is 1.68. The number of esters is 1. The van der Waals surface area contributed by atoms with Crippen molar-refractivity contribution >= 4 is 17.7 Å². The highest BCUT2D eigenvalue weighted by Gasteiger charge is 2.49. The van der Waals surface area contributed by atoms with E-state index in [1.807, 2.05) is 14.0 Å². The third-order valence-electron chi connectivity index (χ3n) is 4.14. The van der Waals surface area contributed by atoms with Crippen LogP contribution in [0.3, 0.4) is 0 Å². The van der Waals surface area contributed by atoms with E-state index in [4.69, 9.17) is 4.74 Å². The summed E-state index contributed by atoms with van der Waals surface area (Å²) in [7, 11) is 1.89. The topological polar surface area (TPSA) is 69.0 Å². The molecule has 1 heterocycles. The van der Waals surface area contributed by atoms with Gasteiger partial charge in [-0.3, -0.25) is 10.1 Å². The summed E-state index contributed by atoms with van der Waals surface area (Å²) in [6.45, 7) is 2.30. The number of carbonyl (C=O) groups excluding carboxylic acids is 1. The van der Waals surface area contributed by atoms with Crippen LogP contribution in [0.25, 0.3) is 0 Å². The quantitative estimate of drug-likeness (QED) is 0.803. The Bertz CT molecular complexity index is 517. The van der Waals surface area contributed by atoms with E-state index >= 15 is 0 Å². The van der Waals surface area contributed by atoms with Crippen LogP contribution in [0.4, 0.5) is 0 Å². The summed E-state index contributed by atoms with van der Waals surface area (Å²) in [6, 6.07) is 0.494. The van der Waals surface area contributed by atoms with Crippen LogP contribution in [0.1, 0.15) is 39.0 Å². The number of carbonyl (C=O) groups is 1. The minimum atomic E-state index is -0.493. The zero-order valence-electron chi connectivity index (χ0n) is 12.5. The zero-order valence-corrected chi connectivity index (χ0v) is 13.4. The molecule has 116 valence electrons. The first kappa shape index (κ1) is 14.8. The van der Waals surface area contributed by atoms with Gasteiger partial charge in [0.2, 0.25) is 0 Å². The summed E-state index contributed by atoms with van der Waals surface area (Å²) >= 11 is 1.71. The van der Waals surface area contributed by atoms with Crippen molar-refractivity contribution in [3.8, 4) is 0 Å². The lowest BCUT2D eigenvalue weighted by Gasteiger charge is -2.28. The van der Waals surface area contributed by atoms with Gasteiger partial charge in [0.05, 0.1) is 6.61 Å². The Labute approximate surface area is 129 Å². The van der Waals surface area contributed by atoms with Crippen molar-refractivity contribution in [1.29, 1.82) is 0 Å². The van der Waals surface area contributed by atoms with Crippen LogP contribution in [0, 0.1) is 0 Å². The third-order valence-corrected chi connectivity index (χ3v) is 5.45. The molecule has 2 unspecified atom stereocenters. The molecule has 7 heteroatoms. The van der Waals surface area contributed by atoms with Crippen molar-refractivity contribution in [3.63, 3.8) is 0 Å². The summed E-state index contributed by atoms with van der Waals surface area (Å²) in [4.78, 5) is 16.7. The normalized spacial score (nSPS) is 28.8. The number of hydrogen-bond acceptors (Lipinski definition) is 6. The molecular weight excluding hydrogens is 288 g/mol. The van der Waals surface area contributed by atoms with E-state index in [2.05, 4.69) is 15.4 Å². The van der Waals surface area contributed by atoms with Crippen LogP contribution in [0.2, 0.25) is 0 Å². The Morgan fingerprint density at radius 1 is 1.57 bits per heavy atom. The first-order valence-corrected chi connectivity index (χ1v) is 8.46. The molecule has 3 rings (SSSR count). The maximum Gasteiger partial charge on any atom is 0.326 e. The number of nitrogens with one attached hydrogen (secondary N) is 1. The van der Waals surface area contributed by atoms with Crippen molar-refractivity contribution < 1.29 is 9.53 Å². The van der Waals surface area contributed by atoms with E-state index < -0.39 is 5.54 Å². The van der Waals surface area contributed by atoms with Crippen LogP contribution in [-0.4, -0.2) is 44.2 Å². The molecule has 1 aromatic rings. The number of aryl methyl sites for hydroxylation is 1. The fourth-order valence-corrected chi connectivity index (χ4v) is 4.11. The van der Waals surface area contributed by atoms with Crippen molar-refractivity contribution in [3.05, 3.63) is 6.33 Å². The first-order valence-electron chi connectivity index (χ1n) is 7.58. The van der Waals surface area contributed by atoms with Gasteiger partial charge in [0.1, 0.15) is 11.9 Å². The SMILES string of the molecule is CCOC(=O)C1(NC2CC2)CCC(Sc2ncnn2C)C1. The van der Waals surface area contributed by atoms with Crippen LogP contribution in [0.5, 0.6) is 0 Å². The monoisotopic (exact) mass is 310 g/mol. The molecule has 6 nitrogen and oxygen atoms in total. The Kier molecular flexibility index (Phi) is 4.21. The average Bonchev–Trinajstić information content (AvgIpc) is 3.03. The maximum absolute atomic E-state index is 12.4. The molecule has 0 radical (unpaired) electrons. The van der Waals surface area contributed by atoms with E-state index in [0.717, 1.165) is 24.4 Å². The van der Waals surface area contributed by atoms with Gasteiger partial charge in [-0.1, -0.05) is 11.8 Å². The summed E-state index contributed by atoms with van der Waals surface area (Å²) in [6.07, 6.45) is 6.55. The molecule has 1 aromatic heterocycles. The molecule has 2 fully saturated rings. The molecule has 2 saturated carbocycles. The predicted octanol–water partition coefficient (Wildman–Crippen LogP) is 1.51. The molecule has 0 bridgehead atoms. The van der Waals surface area contributed by atoms with E-state index in [1.54, 1.807) is 22.8 Å². The highest BCUT2D eigenvalue weighted by atomic mass is 32.2. The van der Waals surface area contributed by atoms with Crippen molar-refractivity contribution in [1.82, 2.24) is 20.1 Å². The second kappa shape index (κ2) is 5.96. The van der Waals surface area contributed by atoms with E-state index in [9.17, 15) is 4.79 Å². The molecule has 0 aliphatic heterocycles. The van der Waals surface area contributed by atoms with Gasteiger partial charge in [0.25, 0.3) is 0 Å². The molecule has 2 aliphatic carbocycles. The van der Waals surface area contributed by atoms with Crippen LogP contribution in [0.15, 0.2) is 11.5 Å². The average molecular weight is 310 g/mol. The van der Waals surface area contributed by atoms with Gasteiger partial charge in [-0.15, -0.1) is 0 Å². The van der Waals surface area contributed by atoms with Crippen LogP contribution in [-0.2, 0) is 16.6 Å². The lowest BCUT2D eigenvalue weighted by Crippen LogP contribution is -2.52. The molecule has 0 amide bonds. The smallest absolute Gasteiger partial charge is 0.326 e. The number of hydrogen-bond donors (Lipinski definition) is 1. The lowest BCUT2D eigenvalue weighted by atomic mass is 9.97. The van der Waals surface area contributed by atoms with Gasteiger partial charge in [-0.2, -0.15) is 5.10 Å². The largest absolute Gasteiger partial charge is 0.465 e. The third kappa shape index (κ3) is 3.23. The number of rotatable bonds is 6. The van der Waals surface area contributed by atoms with Crippen LogP contribution < -0.4 is 5.32 Å². The number of nitrogens with zero attached hydrogens (tertiary/aromatic N) is 3. The summed E-state index contributed by atoms with van der Waals surface area (Å²) in [5.41, 5.74) is -0.493. The van der Waals surface area contributed by atoms with E-state index in [1.165, 1.54) is 12.8 Å². The highest BCUT2D eigenvalue weighted by molar-refractivity contribution is 7.99. The Hall–Kier alpha value is -1.08. The second-order valence-corrected chi connectivity index (χ2v) is 7.14. The maximum atomic E-state index is 12.4. The molecule has 21 heavy (non-hydrogen) atoms. The summed E-state index contributed by atoms with van der Waals surface area (Å²) in [5.74, 6) is -0.0852.